The molecule has 0 saturated carbocycles. The van der Waals surface area contributed by atoms with Crippen molar-refractivity contribution in [3.05, 3.63) is 372 Å². The predicted octanol–water partition coefficient (Wildman–Crippen LogP) is 21.4. The number of hydrogen-bond donors (Lipinski definition) is 0. The number of rotatable bonds is 8. The van der Waals surface area contributed by atoms with Gasteiger partial charge in [0, 0.05) is 27.7 Å². The monoisotopic (exact) mass is 1090 g/mol. The molecule has 0 radical (unpaired) electrons. The first-order valence-corrected chi connectivity index (χ1v) is 30.0. The zero-order chi connectivity index (χ0) is 56.5. The minimum atomic E-state index is -0.542. The van der Waals surface area contributed by atoms with Gasteiger partial charge in [-0.15, -0.1) is 0 Å². The Morgan fingerprint density at radius 2 is 0.756 bits per heavy atom. The van der Waals surface area contributed by atoms with E-state index < -0.39 is 10.8 Å². The van der Waals surface area contributed by atoms with Gasteiger partial charge in [-0.1, -0.05) is 273 Å². The molecule has 18 rings (SSSR count). The number of anilines is 3. The average Bonchev–Trinajstić information content (AvgIpc) is 1.54. The molecular weight excluding hydrogens is 1040 g/mol. The van der Waals surface area contributed by atoms with E-state index in [-0.39, 0.29) is 0 Å². The topological polar surface area (TPSA) is 8.17 Å². The molecule has 1 aliphatic heterocycles. The summed E-state index contributed by atoms with van der Waals surface area (Å²) in [5.74, 6) is 0. The molecule has 0 N–H and O–H groups in total. The van der Waals surface area contributed by atoms with Crippen molar-refractivity contribution in [2.75, 3.05) is 4.90 Å². The molecule has 15 aromatic rings. The molecule has 1 spiro atoms. The lowest BCUT2D eigenvalue weighted by Gasteiger charge is -2.39. The van der Waals surface area contributed by atoms with E-state index >= 15 is 0 Å². The number of nitrogens with zero attached hydrogens (tertiary/aromatic N) is 2. The lowest BCUT2D eigenvalue weighted by Crippen LogP contribution is -2.33. The average molecular weight is 1090 g/mol. The van der Waals surface area contributed by atoms with Gasteiger partial charge in [-0.05, 0) is 160 Å². The van der Waals surface area contributed by atoms with Crippen LogP contribution in [-0.2, 0) is 10.8 Å². The van der Waals surface area contributed by atoms with Gasteiger partial charge < -0.3 is 9.47 Å². The fraction of sp³-hybridized carbons (Fsp3) is 0.0238. The summed E-state index contributed by atoms with van der Waals surface area (Å²) in [6.07, 6.45) is 0. The van der Waals surface area contributed by atoms with Crippen molar-refractivity contribution in [1.82, 2.24) is 4.57 Å². The Labute approximate surface area is 500 Å². The standard InChI is InChI=1S/C84H54N2/c1-4-20-55(21-5-1)56-38-40-57(41-39-56)58-44-48-65(49-45-58)85(80-37-19-33-75-81(80)71-28-11-14-31-73(71)83(75,63-22-6-2-7-23-63)64-24-8-3-9-25-64)66-50-46-60-52-59(42-43-61(60)53-66)62-47-51-68-67-26-10-13-30-72(67)84(77(68)54-62)74-32-15-17-36-79(74)86-78-35-16-12-27-69(78)70-29-18-34-76(84)82(70)86/h1-54H. The van der Waals surface area contributed by atoms with E-state index in [0.29, 0.717) is 0 Å². The molecule has 86 heavy (non-hydrogen) atoms. The second-order valence-electron chi connectivity index (χ2n) is 23.4. The largest absolute Gasteiger partial charge is 0.310 e. The van der Waals surface area contributed by atoms with Crippen molar-refractivity contribution in [2.45, 2.75) is 10.8 Å². The van der Waals surface area contributed by atoms with Crippen LogP contribution >= 0.6 is 0 Å². The first kappa shape index (κ1) is 48.5. The van der Waals surface area contributed by atoms with E-state index in [2.05, 4.69) is 337 Å². The molecule has 0 amide bonds. The Kier molecular flexibility index (Phi) is 10.6. The van der Waals surface area contributed by atoms with Crippen molar-refractivity contribution in [1.29, 1.82) is 0 Å². The smallest absolute Gasteiger partial charge is 0.0754 e. The van der Waals surface area contributed by atoms with Gasteiger partial charge in [0.2, 0.25) is 0 Å². The summed E-state index contributed by atoms with van der Waals surface area (Å²) in [5, 5.41) is 4.93. The van der Waals surface area contributed by atoms with Crippen LogP contribution in [0.2, 0.25) is 0 Å². The maximum Gasteiger partial charge on any atom is 0.0754 e. The highest BCUT2D eigenvalue weighted by Crippen LogP contribution is 2.63. The fourth-order valence-corrected chi connectivity index (χ4v) is 15.7. The molecule has 2 heteroatoms. The quantitative estimate of drug-likeness (QED) is 0.147. The highest BCUT2D eigenvalue weighted by molar-refractivity contribution is 6.13. The van der Waals surface area contributed by atoms with E-state index in [4.69, 9.17) is 0 Å². The minimum Gasteiger partial charge on any atom is -0.310 e. The van der Waals surface area contributed by atoms with Crippen LogP contribution in [0.3, 0.4) is 0 Å². The van der Waals surface area contributed by atoms with Gasteiger partial charge in [-0.25, -0.2) is 0 Å². The summed E-state index contributed by atoms with van der Waals surface area (Å²) in [7, 11) is 0. The van der Waals surface area contributed by atoms with E-state index in [1.54, 1.807) is 0 Å². The second-order valence-corrected chi connectivity index (χ2v) is 23.4. The van der Waals surface area contributed by atoms with Crippen LogP contribution in [0, 0.1) is 0 Å². The van der Waals surface area contributed by atoms with Crippen LogP contribution in [0.1, 0.15) is 44.5 Å². The molecule has 400 valence electrons. The Bertz CT molecular complexity index is 5170. The Hall–Kier alpha value is -11.1. The van der Waals surface area contributed by atoms with Crippen LogP contribution < -0.4 is 4.90 Å². The van der Waals surface area contributed by atoms with Gasteiger partial charge in [0.05, 0.1) is 33.2 Å². The maximum absolute atomic E-state index is 2.53. The number of benzene rings is 14. The van der Waals surface area contributed by atoms with Crippen molar-refractivity contribution < 1.29 is 0 Å². The summed E-state index contributed by atoms with van der Waals surface area (Å²) < 4.78 is 2.53. The predicted molar refractivity (Wildman–Crippen MR) is 357 cm³/mol. The first-order valence-electron chi connectivity index (χ1n) is 30.0. The summed E-state index contributed by atoms with van der Waals surface area (Å²) >= 11 is 0. The van der Waals surface area contributed by atoms with Crippen molar-refractivity contribution in [3.63, 3.8) is 0 Å². The van der Waals surface area contributed by atoms with E-state index in [1.165, 1.54) is 138 Å². The third-order valence-electron chi connectivity index (χ3n) is 19.3. The van der Waals surface area contributed by atoms with E-state index in [0.717, 1.165) is 17.1 Å². The zero-order valence-electron chi connectivity index (χ0n) is 47.1. The van der Waals surface area contributed by atoms with Crippen molar-refractivity contribution >= 4 is 49.6 Å². The molecule has 2 nitrogen and oxygen atoms in total. The van der Waals surface area contributed by atoms with Gasteiger partial charge in [-0.2, -0.15) is 0 Å². The van der Waals surface area contributed by atoms with Gasteiger partial charge >= 0.3 is 0 Å². The number of para-hydroxylation sites is 3. The molecule has 2 heterocycles. The minimum absolute atomic E-state index is 0.525. The normalized spacial score (nSPS) is 14.7. The summed E-state index contributed by atoms with van der Waals surface area (Å²) in [6, 6.07) is 123. The van der Waals surface area contributed by atoms with Gasteiger partial charge in [0.1, 0.15) is 0 Å². The summed E-state index contributed by atoms with van der Waals surface area (Å²) in [4.78, 5) is 2.50. The van der Waals surface area contributed by atoms with Gasteiger partial charge in [-0.3, -0.25) is 0 Å². The van der Waals surface area contributed by atoms with Crippen LogP contribution in [0.25, 0.3) is 93.9 Å². The van der Waals surface area contributed by atoms with Crippen LogP contribution in [0.4, 0.5) is 17.1 Å². The molecule has 3 aliphatic rings. The Balaban J connectivity index is 0.794. The van der Waals surface area contributed by atoms with Crippen molar-refractivity contribution in [3.8, 4) is 61.3 Å². The SMILES string of the molecule is c1ccc(-c2ccc(-c3ccc(N(c4ccc5cc(-c6ccc7c(c6)C6(c8ccccc8-7)c7ccccc7-n7c8ccccc8c8cccc6c87)ccc5c4)c4cccc5c4-c4ccccc4C5(c4ccccc4)c4ccccc4)cc3)cc2)cc1. The molecule has 1 atom stereocenters. The molecular formula is C84H54N2. The highest BCUT2D eigenvalue weighted by Gasteiger charge is 2.51. The molecule has 0 fully saturated rings. The molecule has 1 unspecified atom stereocenters. The third-order valence-corrected chi connectivity index (χ3v) is 19.3. The van der Waals surface area contributed by atoms with Gasteiger partial charge in [0.15, 0.2) is 0 Å². The molecule has 14 aromatic carbocycles. The highest BCUT2D eigenvalue weighted by atomic mass is 15.1. The Morgan fingerprint density at radius 1 is 0.267 bits per heavy atom. The summed E-state index contributed by atoms with van der Waals surface area (Å²) in [6.45, 7) is 0. The molecule has 2 aliphatic carbocycles. The lowest BCUT2D eigenvalue weighted by atomic mass is 9.65. The van der Waals surface area contributed by atoms with Crippen LogP contribution in [0.15, 0.2) is 328 Å². The van der Waals surface area contributed by atoms with E-state index in [9.17, 15) is 0 Å². The second kappa shape index (κ2) is 18.7. The number of fused-ring (bicyclic) bond motifs is 16. The fourth-order valence-electron chi connectivity index (χ4n) is 15.7. The number of aromatic nitrogens is 1. The van der Waals surface area contributed by atoms with Gasteiger partial charge in [0.25, 0.3) is 0 Å². The Morgan fingerprint density at radius 3 is 1.50 bits per heavy atom. The van der Waals surface area contributed by atoms with Crippen LogP contribution in [-0.4, -0.2) is 4.57 Å². The maximum atomic E-state index is 2.53. The number of hydrogen-bond acceptors (Lipinski definition) is 1. The molecule has 1 aromatic heterocycles. The molecule has 0 saturated heterocycles. The third kappa shape index (κ3) is 6.78. The van der Waals surface area contributed by atoms with Crippen molar-refractivity contribution in [2.24, 2.45) is 0 Å². The van der Waals surface area contributed by atoms with E-state index in [1.807, 2.05) is 0 Å². The molecule has 0 bridgehead atoms. The zero-order valence-corrected chi connectivity index (χ0v) is 47.1. The lowest BCUT2D eigenvalue weighted by molar-refractivity contribution is 0.749. The summed E-state index contributed by atoms with van der Waals surface area (Å²) in [5.41, 5.74) is 28.6. The first-order chi connectivity index (χ1) is 42.7. The van der Waals surface area contributed by atoms with Crippen LogP contribution in [0.5, 0.6) is 0 Å².